The van der Waals surface area contributed by atoms with E-state index in [0.29, 0.717) is 37.6 Å². The SMILES string of the molecule is CN(C(=O)C(c1ccccc1F)N1CCOCC1)c1cnn(C)c1. The molecule has 7 heteroatoms. The van der Waals surface area contributed by atoms with Gasteiger partial charge in [0.2, 0.25) is 5.91 Å². The van der Waals surface area contributed by atoms with Crippen LogP contribution in [0, 0.1) is 5.82 Å². The molecule has 0 aliphatic carbocycles. The number of rotatable bonds is 4. The molecule has 2 aromatic rings. The van der Waals surface area contributed by atoms with Crippen LogP contribution in [0.2, 0.25) is 0 Å². The van der Waals surface area contributed by atoms with Crippen molar-refractivity contribution in [3.63, 3.8) is 0 Å². The molecule has 0 radical (unpaired) electrons. The van der Waals surface area contributed by atoms with E-state index in [9.17, 15) is 9.18 Å². The minimum absolute atomic E-state index is 0.185. The number of halogens is 1. The Hall–Kier alpha value is -2.25. The van der Waals surface area contributed by atoms with Crippen LogP contribution in [-0.2, 0) is 16.6 Å². The van der Waals surface area contributed by atoms with Gasteiger partial charge in [-0.2, -0.15) is 5.10 Å². The zero-order valence-electron chi connectivity index (χ0n) is 13.9. The number of aryl methyl sites for hydroxylation is 1. The third kappa shape index (κ3) is 3.32. The number of nitrogens with zero attached hydrogens (tertiary/aromatic N) is 4. The number of benzene rings is 1. The Bertz CT molecular complexity index is 712. The molecule has 1 aromatic carbocycles. The summed E-state index contributed by atoms with van der Waals surface area (Å²) in [6, 6.07) is 5.76. The van der Waals surface area contributed by atoms with Crippen molar-refractivity contribution in [3.05, 3.63) is 48.0 Å². The molecule has 24 heavy (non-hydrogen) atoms. The van der Waals surface area contributed by atoms with Gasteiger partial charge in [-0.25, -0.2) is 4.39 Å². The zero-order valence-corrected chi connectivity index (χ0v) is 13.9. The average molecular weight is 332 g/mol. The lowest BCUT2D eigenvalue weighted by molar-refractivity contribution is -0.125. The van der Waals surface area contributed by atoms with Crippen molar-refractivity contribution in [3.8, 4) is 0 Å². The molecule has 3 rings (SSSR count). The topological polar surface area (TPSA) is 50.6 Å². The van der Waals surface area contributed by atoms with E-state index in [-0.39, 0.29) is 11.7 Å². The van der Waals surface area contributed by atoms with Crippen LogP contribution >= 0.6 is 0 Å². The fourth-order valence-electron chi connectivity index (χ4n) is 2.91. The van der Waals surface area contributed by atoms with E-state index in [1.807, 2.05) is 4.90 Å². The smallest absolute Gasteiger partial charge is 0.248 e. The highest BCUT2D eigenvalue weighted by Gasteiger charge is 2.33. The molecule has 1 aromatic heterocycles. The first kappa shape index (κ1) is 16.6. The fourth-order valence-corrected chi connectivity index (χ4v) is 2.91. The van der Waals surface area contributed by atoms with E-state index in [2.05, 4.69) is 5.10 Å². The van der Waals surface area contributed by atoms with Crippen LogP contribution in [0.3, 0.4) is 0 Å². The monoisotopic (exact) mass is 332 g/mol. The maximum Gasteiger partial charge on any atom is 0.248 e. The molecule has 0 N–H and O–H groups in total. The molecule has 0 bridgehead atoms. The lowest BCUT2D eigenvalue weighted by Gasteiger charge is -2.35. The van der Waals surface area contributed by atoms with Crippen molar-refractivity contribution in [2.75, 3.05) is 38.3 Å². The average Bonchev–Trinajstić information content (AvgIpc) is 3.03. The Labute approximate surface area is 140 Å². The van der Waals surface area contributed by atoms with E-state index in [4.69, 9.17) is 4.74 Å². The highest BCUT2D eigenvalue weighted by molar-refractivity contribution is 5.97. The van der Waals surface area contributed by atoms with Crippen LogP contribution in [0.1, 0.15) is 11.6 Å². The van der Waals surface area contributed by atoms with Crippen LogP contribution in [0.25, 0.3) is 0 Å². The number of morpholine rings is 1. The minimum Gasteiger partial charge on any atom is -0.379 e. The number of amides is 1. The number of likely N-dealkylation sites (N-methyl/N-ethyl adjacent to an activating group) is 1. The standard InChI is InChI=1S/C17H21FN4O2/c1-20-12-13(11-19-20)21(2)17(23)16(22-7-9-24-10-8-22)14-5-3-4-6-15(14)18/h3-6,11-12,16H,7-10H2,1-2H3. The summed E-state index contributed by atoms with van der Waals surface area (Å²) in [7, 11) is 3.48. The van der Waals surface area contributed by atoms with E-state index in [1.165, 1.54) is 11.0 Å². The van der Waals surface area contributed by atoms with Gasteiger partial charge in [-0.3, -0.25) is 14.4 Å². The molecular formula is C17H21FN4O2. The van der Waals surface area contributed by atoms with E-state index in [1.54, 1.807) is 49.4 Å². The highest BCUT2D eigenvalue weighted by atomic mass is 19.1. The van der Waals surface area contributed by atoms with Gasteiger partial charge in [0.25, 0.3) is 0 Å². The van der Waals surface area contributed by atoms with Crippen molar-refractivity contribution in [2.45, 2.75) is 6.04 Å². The summed E-state index contributed by atoms with van der Waals surface area (Å²) in [6.45, 7) is 2.25. The van der Waals surface area contributed by atoms with Crippen molar-refractivity contribution in [2.24, 2.45) is 7.05 Å². The second kappa shape index (κ2) is 7.11. The molecular weight excluding hydrogens is 311 g/mol. The molecule has 1 saturated heterocycles. The third-order valence-electron chi connectivity index (χ3n) is 4.25. The summed E-state index contributed by atoms with van der Waals surface area (Å²) in [4.78, 5) is 16.6. The Morgan fingerprint density at radius 1 is 1.33 bits per heavy atom. The molecule has 1 atom stereocenters. The van der Waals surface area contributed by atoms with Gasteiger partial charge < -0.3 is 9.64 Å². The molecule has 1 amide bonds. The van der Waals surface area contributed by atoms with Gasteiger partial charge in [0.05, 0.1) is 25.1 Å². The van der Waals surface area contributed by atoms with Gasteiger partial charge in [0.1, 0.15) is 11.9 Å². The molecule has 0 saturated carbocycles. The van der Waals surface area contributed by atoms with E-state index >= 15 is 0 Å². The quantitative estimate of drug-likeness (QED) is 0.853. The first-order chi connectivity index (χ1) is 11.6. The number of carbonyl (C=O) groups excluding carboxylic acids is 1. The second-order valence-electron chi connectivity index (χ2n) is 5.84. The summed E-state index contributed by atoms with van der Waals surface area (Å²) in [5.74, 6) is -0.558. The molecule has 1 unspecified atom stereocenters. The van der Waals surface area contributed by atoms with Crippen LogP contribution in [-0.4, -0.2) is 53.9 Å². The van der Waals surface area contributed by atoms with Gasteiger partial charge in [0.15, 0.2) is 0 Å². The third-order valence-corrected chi connectivity index (χ3v) is 4.25. The Morgan fingerprint density at radius 3 is 2.67 bits per heavy atom. The normalized spacial score (nSPS) is 16.8. The summed E-state index contributed by atoms with van der Waals surface area (Å²) in [5.41, 5.74) is 1.07. The van der Waals surface area contributed by atoms with Gasteiger partial charge in [-0.15, -0.1) is 0 Å². The molecule has 1 fully saturated rings. The van der Waals surface area contributed by atoms with Gasteiger partial charge >= 0.3 is 0 Å². The Balaban J connectivity index is 1.94. The molecule has 0 spiro atoms. The number of aromatic nitrogens is 2. The lowest BCUT2D eigenvalue weighted by Crippen LogP contribution is -2.46. The van der Waals surface area contributed by atoms with Crippen molar-refractivity contribution < 1.29 is 13.9 Å². The number of carbonyl (C=O) groups is 1. The zero-order chi connectivity index (χ0) is 17.1. The number of anilines is 1. The van der Waals surface area contributed by atoms with Crippen LogP contribution in [0.4, 0.5) is 10.1 Å². The highest BCUT2D eigenvalue weighted by Crippen LogP contribution is 2.28. The summed E-state index contributed by atoms with van der Waals surface area (Å²) in [6.07, 6.45) is 3.38. The number of hydrogen-bond donors (Lipinski definition) is 0. The molecule has 6 nitrogen and oxygen atoms in total. The number of hydrogen-bond acceptors (Lipinski definition) is 4. The maximum atomic E-state index is 14.4. The Kier molecular flexibility index (Phi) is 4.92. The van der Waals surface area contributed by atoms with Gasteiger partial charge in [-0.1, -0.05) is 18.2 Å². The number of ether oxygens (including phenoxy) is 1. The summed E-state index contributed by atoms with van der Waals surface area (Å²) in [5, 5.41) is 4.10. The first-order valence-corrected chi connectivity index (χ1v) is 7.90. The lowest BCUT2D eigenvalue weighted by atomic mass is 10.0. The van der Waals surface area contributed by atoms with Gasteiger partial charge in [0, 0.05) is 38.9 Å². The Morgan fingerprint density at radius 2 is 2.04 bits per heavy atom. The minimum atomic E-state index is -0.680. The molecule has 2 heterocycles. The van der Waals surface area contributed by atoms with E-state index in [0.717, 1.165) is 0 Å². The summed E-state index contributed by atoms with van der Waals surface area (Å²) < 4.78 is 21.4. The maximum absolute atomic E-state index is 14.4. The second-order valence-corrected chi connectivity index (χ2v) is 5.84. The fraction of sp³-hybridized carbons (Fsp3) is 0.412. The van der Waals surface area contributed by atoms with E-state index < -0.39 is 6.04 Å². The van der Waals surface area contributed by atoms with Crippen molar-refractivity contribution in [1.29, 1.82) is 0 Å². The van der Waals surface area contributed by atoms with Crippen LogP contribution < -0.4 is 4.90 Å². The molecule has 128 valence electrons. The predicted octanol–water partition coefficient (Wildman–Crippen LogP) is 1.60. The van der Waals surface area contributed by atoms with Crippen molar-refractivity contribution >= 4 is 11.6 Å². The molecule has 1 aliphatic heterocycles. The van der Waals surface area contributed by atoms with Crippen LogP contribution in [0.15, 0.2) is 36.7 Å². The van der Waals surface area contributed by atoms with Crippen LogP contribution in [0.5, 0.6) is 0 Å². The molecule has 1 aliphatic rings. The van der Waals surface area contributed by atoms with Gasteiger partial charge in [-0.05, 0) is 6.07 Å². The first-order valence-electron chi connectivity index (χ1n) is 7.90. The van der Waals surface area contributed by atoms with Crippen molar-refractivity contribution in [1.82, 2.24) is 14.7 Å². The summed E-state index contributed by atoms with van der Waals surface area (Å²) >= 11 is 0. The predicted molar refractivity (Wildman–Crippen MR) is 88.2 cm³/mol. The largest absolute Gasteiger partial charge is 0.379 e.